The lowest BCUT2D eigenvalue weighted by atomic mass is 10.1. The van der Waals surface area contributed by atoms with Gasteiger partial charge < -0.3 is 19.9 Å². The third kappa shape index (κ3) is 5.27. The van der Waals surface area contributed by atoms with Gasteiger partial charge in [-0.3, -0.25) is 0 Å². The number of carbonyl (C=O) groups excluding carboxylic acids is 2. The van der Waals surface area contributed by atoms with E-state index in [1.165, 1.54) is 32.4 Å². The topological polar surface area (TPSA) is 87.9 Å². The van der Waals surface area contributed by atoms with Crippen LogP contribution in [0.15, 0.2) is 18.2 Å². The van der Waals surface area contributed by atoms with Gasteiger partial charge in [-0.2, -0.15) is 0 Å². The van der Waals surface area contributed by atoms with Gasteiger partial charge in [-0.25, -0.2) is 9.59 Å². The molecule has 0 amide bonds. The zero-order chi connectivity index (χ0) is 15.5. The molecule has 0 saturated heterocycles. The smallest absolute Gasteiger partial charge is 0.338 e. The van der Waals surface area contributed by atoms with Crippen LogP contribution in [0.5, 0.6) is 5.75 Å². The summed E-state index contributed by atoms with van der Waals surface area (Å²) in [5, 5.41) is 0. The van der Waals surface area contributed by atoms with E-state index >= 15 is 0 Å². The van der Waals surface area contributed by atoms with Gasteiger partial charge in [0, 0.05) is 6.54 Å². The first-order chi connectivity index (χ1) is 9.62. The van der Waals surface area contributed by atoms with Gasteiger partial charge in [0.15, 0.2) is 0 Å². The van der Waals surface area contributed by atoms with E-state index < -0.39 is 11.9 Å². The zero-order valence-electron chi connectivity index (χ0n) is 12.3. The molecular weight excluding hydrogens is 262 g/mol. The first-order valence-electron chi connectivity index (χ1n) is 6.27. The van der Waals surface area contributed by atoms with E-state index in [0.29, 0.717) is 12.3 Å². The van der Waals surface area contributed by atoms with Crippen LogP contribution in [-0.4, -0.2) is 39.3 Å². The highest BCUT2D eigenvalue weighted by Gasteiger charge is 2.14. The Bertz CT molecular complexity index is 411. The van der Waals surface area contributed by atoms with E-state index in [1.807, 2.05) is 13.8 Å². The normalized spacial score (nSPS) is 9.05. The fourth-order valence-electron chi connectivity index (χ4n) is 1.33. The van der Waals surface area contributed by atoms with Gasteiger partial charge in [-0.05, 0) is 18.2 Å². The van der Waals surface area contributed by atoms with E-state index in [2.05, 4.69) is 9.47 Å². The van der Waals surface area contributed by atoms with Crippen LogP contribution < -0.4 is 10.5 Å². The molecule has 0 atom stereocenters. The molecule has 0 aliphatic carbocycles. The Labute approximate surface area is 118 Å². The second kappa shape index (κ2) is 9.80. The molecule has 0 bridgehead atoms. The van der Waals surface area contributed by atoms with Crippen LogP contribution in [0.4, 0.5) is 0 Å². The van der Waals surface area contributed by atoms with Crippen molar-refractivity contribution in [2.24, 2.45) is 5.73 Å². The molecule has 0 radical (unpaired) electrons. The second-order valence-corrected chi connectivity index (χ2v) is 3.37. The molecule has 0 spiro atoms. The van der Waals surface area contributed by atoms with E-state index in [9.17, 15) is 9.59 Å². The summed E-state index contributed by atoms with van der Waals surface area (Å²) in [6.45, 7) is 4.61. The summed E-state index contributed by atoms with van der Waals surface area (Å²) in [7, 11) is 2.52. The number of rotatable bonds is 5. The monoisotopic (exact) mass is 283 g/mol. The molecule has 1 aromatic carbocycles. The first-order valence-corrected chi connectivity index (χ1v) is 6.27. The van der Waals surface area contributed by atoms with Crippen LogP contribution >= 0.6 is 0 Å². The van der Waals surface area contributed by atoms with E-state index in [4.69, 9.17) is 10.5 Å². The number of benzene rings is 1. The Morgan fingerprint density at radius 3 is 1.80 bits per heavy atom. The largest absolute Gasteiger partial charge is 0.492 e. The highest BCUT2D eigenvalue weighted by molar-refractivity contribution is 5.96. The Balaban J connectivity index is 0.00000172. The number of nitrogens with two attached hydrogens (primary N) is 1. The SMILES string of the molecule is CC.COC(=O)c1cc(OCCN)cc(C(=O)OC)c1. The molecule has 6 heteroatoms. The molecule has 0 aliphatic rings. The summed E-state index contributed by atoms with van der Waals surface area (Å²) >= 11 is 0. The van der Waals surface area contributed by atoms with Crippen molar-refractivity contribution in [1.82, 2.24) is 0 Å². The third-order valence-electron chi connectivity index (χ3n) is 2.14. The van der Waals surface area contributed by atoms with Crippen molar-refractivity contribution in [3.05, 3.63) is 29.3 Å². The standard InChI is InChI=1S/C12H15NO5.C2H6/c1-16-11(14)8-5-9(12(15)17-2)7-10(6-8)18-4-3-13;1-2/h5-7H,3-4,13H2,1-2H3;1-2H3. The van der Waals surface area contributed by atoms with Gasteiger partial charge in [-0.15, -0.1) is 0 Å². The van der Waals surface area contributed by atoms with Crippen molar-refractivity contribution in [1.29, 1.82) is 0 Å². The third-order valence-corrected chi connectivity index (χ3v) is 2.14. The molecular formula is C14H21NO5. The van der Waals surface area contributed by atoms with Gasteiger partial charge in [-0.1, -0.05) is 13.8 Å². The average Bonchev–Trinajstić information content (AvgIpc) is 2.52. The highest BCUT2D eigenvalue weighted by atomic mass is 16.5. The van der Waals surface area contributed by atoms with E-state index in [-0.39, 0.29) is 17.7 Å². The summed E-state index contributed by atoms with van der Waals surface area (Å²) in [4.78, 5) is 22.9. The predicted molar refractivity (Wildman–Crippen MR) is 75.0 cm³/mol. The number of ether oxygens (including phenoxy) is 3. The molecule has 0 saturated carbocycles. The number of hydrogen-bond acceptors (Lipinski definition) is 6. The van der Waals surface area contributed by atoms with Crippen LogP contribution in [0, 0.1) is 0 Å². The molecule has 20 heavy (non-hydrogen) atoms. The van der Waals surface area contributed by atoms with Crippen LogP contribution in [0.1, 0.15) is 34.6 Å². The van der Waals surface area contributed by atoms with E-state index in [0.717, 1.165) is 0 Å². The maximum atomic E-state index is 11.4. The number of hydrogen-bond donors (Lipinski definition) is 1. The van der Waals surface area contributed by atoms with Gasteiger partial charge in [0.1, 0.15) is 12.4 Å². The van der Waals surface area contributed by atoms with Gasteiger partial charge in [0.25, 0.3) is 0 Å². The maximum absolute atomic E-state index is 11.4. The molecule has 6 nitrogen and oxygen atoms in total. The first kappa shape index (κ1) is 17.9. The lowest BCUT2D eigenvalue weighted by Gasteiger charge is -2.08. The van der Waals surface area contributed by atoms with Crippen molar-refractivity contribution < 1.29 is 23.8 Å². The fraction of sp³-hybridized carbons (Fsp3) is 0.429. The minimum atomic E-state index is -0.557. The molecule has 112 valence electrons. The summed E-state index contributed by atoms with van der Waals surface area (Å²) in [6, 6.07) is 4.34. The maximum Gasteiger partial charge on any atom is 0.338 e. The van der Waals surface area contributed by atoms with Crippen molar-refractivity contribution in [2.45, 2.75) is 13.8 Å². The number of carbonyl (C=O) groups is 2. The van der Waals surface area contributed by atoms with Gasteiger partial charge >= 0.3 is 11.9 Å². The van der Waals surface area contributed by atoms with Crippen molar-refractivity contribution in [2.75, 3.05) is 27.4 Å². The zero-order valence-corrected chi connectivity index (χ0v) is 12.3. The summed E-state index contributed by atoms with van der Waals surface area (Å²) in [5.41, 5.74) is 5.75. The molecule has 1 rings (SSSR count). The minimum absolute atomic E-state index is 0.215. The molecule has 0 aromatic heterocycles. The Morgan fingerprint density at radius 1 is 1.00 bits per heavy atom. The quantitative estimate of drug-likeness (QED) is 0.826. The molecule has 0 aliphatic heterocycles. The van der Waals surface area contributed by atoms with Gasteiger partial charge in [0.05, 0.1) is 25.3 Å². The van der Waals surface area contributed by atoms with Crippen LogP contribution in [-0.2, 0) is 9.47 Å². The lowest BCUT2D eigenvalue weighted by Crippen LogP contribution is -2.12. The van der Waals surface area contributed by atoms with Crippen LogP contribution in [0.25, 0.3) is 0 Å². The molecule has 0 unspecified atom stereocenters. The molecule has 0 heterocycles. The van der Waals surface area contributed by atoms with Crippen molar-refractivity contribution in [3.63, 3.8) is 0 Å². The van der Waals surface area contributed by atoms with Crippen LogP contribution in [0.2, 0.25) is 0 Å². The minimum Gasteiger partial charge on any atom is -0.492 e. The number of methoxy groups -OCH3 is 2. The van der Waals surface area contributed by atoms with E-state index in [1.54, 1.807) is 0 Å². The Morgan fingerprint density at radius 2 is 1.45 bits per heavy atom. The fourth-order valence-corrected chi connectivity index (χ4v) is 1.33. The average molecular weight is 283 g/mol. The van der Waals surface area contributed by atoms with Gasteiger partial charge in [0.2, 0.25) is 0 Å². The Hall–Kier alpha value is -2.08. The molecule has 2 N–H and O–H groups in total. The summed E-state index contributed by atoms with van der Waals surface area (Å²) in [6.07, 6.45) is 0. The lowest BCUT2D eigenvalue weighted by molar-refractivity contribution is 0.0598. The summed E-state index contributed by atoms with van der Waals surface area (Å²) < 4.78 is 14.5. The number of esters is 2. The summed E-state index contributed by atoms with van der Waals surface area (Å²) in [5.74, 6) is -0.750. The van der Waals surface area contributed by atoms with Crippen molar-refractivity contribution >= 4 is 11.9 Å². The molecule has 0 fully saturated rings. The molecule has 1 aromatic rings. The highest BCUT2D eigenvalue weighted by Crippen LogP contribution is 2.18. The Kier molecular flexibility index (Phi) is 8.78. The van der Waals surface area contributed by atoms with Crippen LogP contribution in [0.3, 0.4) is 0 Å². The second-order valence-electron chi connectivity index (χ2n) is 3.37. The predicted octanol–water partition coefficient (Wildman–Crippen LogP) is 1.62. The van der Waals surface area contributed by atoms with Crippen molar-refractivity contribution in [3.8, 4) is 5.75 Å².